The number of carbonyl (C=O) groups excluding carboxylic acids is 1. The largest absolute Gasteiger partial charge is 0.479 e. The number of nitrogens with zero attached hydrogens (tertiary/aromatic N) is 1. The number of carboxylic acids is 1. The minimum atomic E-state index is -1.00. The second-order valence-electron chi connectivity index (χ2n) is 7.06. The molecule has 0 unspecified atom stereocenters. The smallest absolute Gasteiger partial charge is 0.329 e. The summed E-state index contributed by atoms with van der Waals surface area (Å²) >= 11 is 0. The van der Waals surface area contributed by atoms with Crippen molar-refractivity contribution in [2.45, 2.75) is 78.3 Å². The predicted octanol–water partition coefficient (Wildman–Crippen LogP) is 3.30. The molecule has 1 aliphatic carbocycles. The molecule has 0 aliphatic heterocycles. The van der Waals surface area contributed by atoms with Gasteiger partial charge in [-0.3, -0.25) is 4.79 Å². The SMILES string of the molecule is CCC(C)(C)C1CCC(C(=O)O)(N(C=O)C(C)C)CC1. The van der Waals surface area contributed by atoms with Gasteiger partial charge >= 0.3 is 5.97 Å². The van der Waals surface area contributed by atoms with Gasteiger partial charge in [-0.15, -0.1) is 0 Å². The Kier molecular flexibility index (Phi) is 5.22. The van der Waals surface area contributed by atoms with Crippen molar-refractivity contribution >= 4 is 12.4 Å². The Balaban J connectivity index is 2.94. The molecule has 0 aromatic rings. The van der Waals surface area contributed by atoms with E-state index in [-0.39, 0.29) is 11.5 Å². The van der Waals surface area contributed by atoms with Gasteiger partial charge in [-0.2, -0.15) is 0 Å². The zero-order chi connectivity index (χ0) is 15.6. The first-order valence-electron chi connectivity index (χ1n) is 7.68. The second-order valence-corrected chi connectivity index (χ2v) is 7.06. The summed E-state index contributed by atoms with van der Waals surface area (Å²) in [6.45, 7) is 10.4. The highest BCUT2D eigenvalue weighted by atomic mass is 16.4. The molecule has 4 heteroatoms. The molecule has 0 aromatic heterocycles. The Morgan fingerprint density at radius 3 is 2.20 bits per heavy atom. The summed E-state index contributed by atoms with van der Waals surface area (Å²) < 4.78 is 0. The van der Waals surface area contributed by atoms with Gasteiger partial charge in [0.15, 0.2) is 0 Å². The summed E-state index contributed by atoms with van der Waals surface area (Å²) in [5.74, 6) is -0.313. The van der Waals surface area contributed by atoms with E-state index in [9.17, 15) is 14.7 Å². The second kappa shape index (κ2) is 6.15. The van der Waals surface area contributed by atoms with Crippen LogP contribution in [0.2, 0.25) is 0 Å². The molecule has 1 aliphatic rings. The van der Waals surface area contributed by atoms with Crippen LogP contribution in [-0.4, -0.2) is 34.0 Å². The monoisotopic (exact) mass is 283 g/mol. The van der Waals surface area contributed by atoms with Crippen LogP contribution in [0.25, 0.3) is 0 Å². The van der Waals surface area contributed by atoms with Gasteiger partial charge in [-0.1, -0.05) is 27.2 Å². The molecule has 0 heterocycles. The Bertz CT molecular complexity index is 355. The average molecular weight is 283 g/mol. The molecular weight excluding hydrogens is 254 g/mol. The van der Waals surface area contributed by atoms with E-state index in [4.69, 9.17) is 0 Å². The Labute approximate surface area is 122 Å². The maximum absolute atomic E-state index is 11.8. The zero-order valence-corrected chi connectivity index (χ0v) is 13.5. The summed E-state index contributed by atoms with van der Waals surface area (Å²) in [6.07, 6.45) is 4.69. The number of hydrogen-bond donors (Lipinski definition) is 1. The van der Waals surface area contributed by atoms with E-state index >= 15 is 0 Å². The van der Waals surface area contributed by atoms with E-state index in [0.717, 1.165) is 19.3 Å². The maximum atomic E-state index is 11.8. The molecule has 0 radical (unpaired) electrons. The third-order valence-electron chi connectivity index (χ3n) is 5.39. The minimum Gasteiger partial charge on any atom is -0.479 e. The van der Waals surface area contributed by atoms with Gasteiger partial charge in [0, 0.05) is 6.04 Å². The van der Waals surface area contributed by atoms with Crippen LogP contribution >= 0.6 is 0 Å². The van der Waals surface area contributed by atoms with E-state index in [1.165, 1.54) is 4.90 Å². The number of carboxylic acid groups (broad SMARTS) is 1. The van der Waals surface area contributed by atoms with Crippen molar-refractivity contribution in [3.63, 3.8) is 0 Å². The lowest BCUT2D eigenvalue weighted by atomic mass is 9.65. The average Bonchev–Trinajstić information content (AvgIpc) is 2.39. The standard InChI is InChI=1S/C16H29NO3/c1-6-15(4,5)13-7-9-16(10-8-13,14(19)20)17(11-18)12(2)3/h11-13H,6-10H2,1-5H3,(H,19,20). The van der Waals surface area contributed by atoms with Crippen molar-refractivity contribution in [1.29, 1.82) is 0 Å². The minimum absolute atomic E-state index is 0.0839. The molecular formula is C16H29NO3. The molecule has 1 N–H and O–H groups in total. The lowest BCUT2D eigenvalue weighted by Gasteiger charge is -2.48. The lowest BCUT2D eigenvalue weighted by Crippen LogP contribution is -2.58. The van der Waals surface area contributed by atoms with Gasteiger partial charge in [0.1, 0.15) is 5.54 Å². The molecule has 0 bridgehead atoms. The predicted molar refractivity (Wildman–Crippen MR) is 79.4 cm³/mol. The first-order chi connectivity index (χ1) is 9.21. The summed E-state index contributed by atoms with van der Waals surface area (Å²) in [4.78, 5) is 24.7. The molecule has 0 saturated heterocycles. The molecule has 1 saturated carbocycles. The molecule has 1 amide bonds. The van der Waals surface area contributed by atoms with E-state index in [2.05, 4.69) is 20.8 Å². The Morgan fingerprint density at radius 1 is 1.40 bits per heavy atom. The van der Waals surface area contributed by atoms with Crippen LogP contribution in [0.5, 0.6) is 0 Å². The van der Waals surface area contributed by atoms with Gasteiger partial charge in [0.25, 0.3) is 0 Å². The third-order valence-corrected chi connectivity index (χ3v) is 5.39. The lowest BCUT2D eigenvalue weighted by molar-refractivity contribution is -0.161. The van der Waals surface area contributed by atoms with E-state index in [1.54, 1.807) is 0 Å². The number of carbonyl (C=O) groups is 2. The van der Waals surface area contributed by atoms with Gasteiger partial charge in [-0.05, 0) is 50.9 Å². The van der Waals surface area contributed by atoms with Crippen molar-refractivity contribution in [3.05, 3.63) is 0 Å². The summed E-state index contributed by atoms with van der Waals surface area (Å²) in [5, 5.41) is 9.68. The number of aliphatic carboxylic acids is 1. The van der Waals surface area contributed by atoms with E-state index < -0.39 is 11.5 Å². The van der Waals surface area contributed by atoms with Crippen LogP contribution in [0, 0.1) is 11.3 Å². The molecule has 0 spiro atoms. The molecule has 0 atom stereocenters. The quantitative estimate of drug-likeness (QED) is 0.761. The van der Waals surface area contributed by atoms with Crippen LogP contribution in [-0.2, 0) is 9.59 Å². The molecule has 1 rings (SSSR count). The van der Waals surface area contributed by atoms with Crippen molar-refractivity contribution in [1.82, 2.24) is 4.90 Å². The fourth-order valence-corrected chi connectivity index (χ4v) is 3.46. The highest BCUT2D eigenvalue weighted by Gasteiger charge is 2.49. The summed E-state index contributed by atoms with van der Waals surface area (Å²) in [6, 6.07) is -0.0839. The first kappa shape index (κ1) is 17.0. The topological polar surface area (TPSA) is 57.6 Å². The summed E-state index contributed by atoms with van der Waals surface area (Å²) in [5.41, 5.74) is -0.759. The Morgan fingerprint density at radius 2 is 1.90 bits per heavy atom. The highest BCUT2D eigenvalue weighted by Crippen LogP contribution is 2.45. The molecule has 116 valence electrons. The molecule has 1 fully saturated rings. The van der Waals surface area contributed by atoms with E-state index in [0.29, 0.717) is 25.2 Å². The van der Waals surface area contributed by atoms with Crippen molar-refractivity contribution < 1.29 is 14.7 Å². The Hall–Kier alpha value is -1.06. The molecule has 0 aromatic carbocycles. The number of hydrogen-bond acceptors (Lipinski definition) is 2. The summed E-state index contributed by atoms with van der Waals surface area (Å²) in [7, 11) is 0. The fraction of sp³-hybridized carbons (Fsp3) is 0.875. The van der Waals surface area contributed by atoms with Crippen molar-refractivity contribution in [3.8, 4) is 0 Å². The van der Waals surface area contributed by atoms with Crippen LogP contribution in [0.4, 0.5) is 0 Å². The van der Waals surface area contributed by atoms with Crippen LogP contribution in [0.1, 0.15) is 66.7 Å². The van der Waals surface area contributed by atoms with Crippen LogP contribution in [0.15, 0.2) is 0 Å². The zero-order valence-electron chi connectivity index (χ0n) is 13.5. The first-order valence-corrected chi connectivity index (χ1v) is 7.68. The van der Waals surface area contributed by atoms with Gasteiger partial charge in [-0.25, -0.2) is 4.79 Å². The van der Waals surface area contributed by atoms with Crippen molar-refractivity contribution in [2.75, 3.05) is 0 Å². The van der Waals surface area contributed by atoms with Crippen LogP contribution < -0.4 is 0 Å². The highest BCUT2D eigenvalue weighted by molar-refractivity contribution is 5.81. The van der Waals surface area contributed by atoms with Crippen molar-refractivity contribution in [2.24, 2.45) is 11.3 Å². The number of rotatable bonds is 6. The van der Waals surface area contributed by atoms with Gasteiger partial charge in [0.05, 0.1) is 0 Å². The molecule has 4 nitrogen and oxygen atoms in total. The maximum Gasteiger partial charge on any atom is 0.329 e. The molecule has 20 heavy (non-hydrogen) atoms. The third kappa shape index (κ3) is 2.99. The van der Waals surface area contributed by atoms with E-state index in [1.807, 2.05) is 13.8 Å². The van der Waals surface area contributed by atoms with Gasteiger partial charge < -0.3 is 10.0 Å². The fourth-order valence-electron chi connectivity index (χ4n) is 3.46. The van der Waals surface area contributed by atoms with Gasteiger partial charge in [0.2, 0.25) is 6.41 Å². The number of amides is 1. The normalized spacial score (nSPS) is 27.4. The van der Waals surface area contributed by atoms with Crippen LogP contribution in [0.3, 0.4) is 0 Å².